The highest BCUT2D eigenvalue weighted by Crippen LogP contribution is 2.40. The maximum absolute atomic E-state index is 13.2. The van der Waals surface area contributed by atoms with Crippen molar-refractivity contribution >= 4 is 17.5 Å². The molecule has 12 heteroatoms. The van der Waals surface area contributed by atoms with Crippen LogP contribution in [0.4, 0.5) is 26.3 Å². The zero-order chi connectivity index (χ0) is 22.4. The first-order chi connectivity index (χ1) is 13.8. The molecule has 0 fully saturated rings. The van der Waals surface area contributed by atoms with Gasteiger partial charge in [-0.05, 0) is 29.8 Å². The third-order valence-electron chi connectivity index (χ3n) is 4.08. The van der Waals surface area contributed by atoms with E-state index >= 15 is 0 Å². The molecule has 0 aliphatic heterocycles. The lowest BCUT2D eigenvalue weighted by atomic mass is 10.0. The maximum atomic E-state index is 13.2. The third-order valence-corrected chi connectivity index (χ3v) is 4.40. The summed E-state index contributed by atoms with van der Waals surface area (Å²) in [6, 6.07) is 6.92. The van der Waals surface area contributed by atoms with Crippen LogP contribution in [0, 0.1) is 0 Å². The van der Waals surface area contributed by atoms with E-state index in [4.69, 9.17) is 17.3 Å². The normalized spacial score (nSPS) is 12.2. The third kappa shape index (κ3) is 3.92. The molecule has 3 N–H and O–H groups in total. The number of nitrogens with zero attached hydrogens (tertiary/aromatic N) is 2. The molecule has 5 nitrogen and oxygen atoms in total. The van der Waals surface area contributed by atoms with Crippen molar-refractivity contribution in [3.8, 4) is 22.6 Å². The Balaban J connectivity index is 2.11. The van der Waals surface area contributed by atoms with Gasteiger partial charge in [-0.15, -0.1) is 0 Å². The minimum Gasteiger partial charge on any atom is -0.506 e. The van der Waals surface area contributed by atoms with Crippen molar-refractivity contribution in [2.75, 3.05) is 0 Å². The standard InChI is InChI=1S/C18H10ClF6N3O2/c19-11-6-5-10(16(26)30)15(29)14(11)8-1-3-9(4-2-8)28-13(18(23,24)25)7-12(27-28)17(20,21)22/h1-7,29H,(H2,26,30). The van der Waals surface area contributed by atoms with Crippen LogP contribution in [0.5, 0.6) is 5.75 Å². The molecule has 30 heavy (non-hydrogen) atoms. The van der Waals surface area contributed by atoms with Gasteiger partial charge < -0.3 is 10.8 Å². The predicted molar refractivity (Wildman–Crippen MR) is 94.2 cm³/mol. The summed E-state index contributed by atoms with van der Waals surface area (Å²) in [5.74, 6) is -1.48. The molecular weight excluding hydrogens is 440 g/mol. The summed E-state index contributed by atoms with van der Waals surface area (Å²) in [7, 11) is 0. The average molecular weight is 450 g/mol. The molecule has 3 aromatic rings. The largest absolute Gasteiger partial charge is 0.506 e. The minimum absolute atomic E-state index is 0.0136. The number of hydrogen-bond donors (Lipinski definition) is 2. The number of nitrogens with two attached hydrogens (primary N) is 1. The van der Waals surface area contributed by atoms with Gasteiger partial charge in [-0.1, -0.05) is 23.7 Å². The molecule has 0 spiro atoms. The molecule has 0 bridgehead atoms. The molecule has 158 valence electrons. The van der Waals surface area contributed by atoms with E-state index in [1.54, 1.807) is 0 Å². The number of carbonyl (C=O) groups excluding carboxylic acids is 1. The predicted octanol–water partition coefficient (Wildman–Crippen LogP) is 5.03. The minimum atomic E-state index is -5.09. The van der Waals surface area contributed by atoms with Crippen LogP contribution in [-0.4, -0.2) is 20.8 Å². The quantitative estimate of drug-likeness (QED) is 0.550. The molecule has 1 heterocycles. The molecule has 2 aromatic carbocycles. The molecule has 0 unspecified atom stereocenters. The second-order valence-corrected chi connectivity index (χ2v) is 6.46. The van der Waals surface area contributed by atoms with Gasteiger partial charge in [0, 0.05) is 11.6 Å². The number of halogens is 7. The molecule has 1 aromatic heterocycles. The first-order valence-electron chi connectivity index (χ1n) is 7.97. The summed E-state index contributed by atoms with van der Waals surface area (Å²) < 4.78 is 78.2. The van der Waals surface area contributed by atoms with E-state index in [1.165, 1.54) is 24.3 Å². The van der Waals surface area contributed by atoms with Crippen LogP contribution in [0.3, 0.4) is 0 Å². The Morgan fingerprint density at radius 2 is 1.60 bits per heavy atom. The fourth-order valence-corrected chi connectivity index (χ4v) is 2.99. The van der Waals surface area contributed by atoms with E-state index < -0.39 is 35.4 Å². The van der Waals surface area contributed by atoms with Gasteiger partial charge in [0.05, 0.1) is 16.3 Å². The Kier molecular flexibility index (Phi) is 5.19. The van der Waals surface area contributed by atoms with Crippen molar-refractivity contribution in [3.05, 3.63) is 64.4 Å². The van der Waals surface area contributed by atoms with E-state index in [0.717, 1.165) is 12.1 Å². The van der Waals surface area contributed by atoms with Crippen LogP contribution in [-0.2, 0) is 12.4 Å². The van der Waals surface area contributed by atoms with E-state index in [1.807, 2.05) is 0 Å². The van der Waals surface area contributed by atoms with Gasteiger partial charge in [0.15, 0.2) is 5.69 Å². The molecular formula is C18H10ClF6N3O2. The number of phenols is 1. The fraction of sp³-hybridized carbons (Fsp3) is 0.111. The van der Waals surface area contributed by atoms with E-state index in [9.17, 15) is 36.2 Å². The monoisotopic (exact) mass is 449 g/mol. The summed E-state index contributed by atoms with van der Waals surface area (Å²) in [5.41, 5.74) is 1.45. The molecule has 0 atom stereocenters. The summed E-state index contributed by atoms with van der Waals surface area (Å²) in [6.07, 6.45) is -10.2. The van der Waals surface area contributed by atoms with E-state index in [-0.39, 0.29) is 38.1 Å². The number of hydrogen-bond acceptors (Lipinski definition) is 3. The van der Waals surface area contributed by atoms with Gasteiger partial charge >= 0.3 is 12.4 Å². The van der Waals surface area contributed by atoms with Crippen molar-refractivity contribution in [1.82, 2.24) is 9.78 Å². The summed E-state index contributed by atoms with van der Waals surface area (Å²) >= 11 is 6.03. The number of amides is 1. The fourth-order valence-electron chi connectivity index (χ4n) is 2.73. The maximum Gasteiger partial charge on any atom is 0.435 e. The molecule has 0 aliphatic rings. The highest BCUT2D eigenvalue weighted by molar-refractivity contribution is 6.34. The number of aromatic hydroxyl groups is 1. The Labute approximate surface area is 169 Å². The van der Waals surface area contributed by atoms with E-state index in [0.29, 0.717) is 0 Å². The summed E-state index contributed by atoms with van der Waals surface area (Å²) in [6.45, 7) is 0. The molecule has 0 saturated heterocycles. The first-order valence-corrected chi connectivity index (χ1v) is 8.35. The lowest BCUT2D eigenvalue weighted by molar-refractivity contribution is -0.143. The van der Waals surface area contributed by atoms with Gasteiger partial charge in [-0.3, -0.25) is 4.79 Å². The summed E-state index contributed by atoms with van der Waals surface area (Å²) in [4.78, 5) is 11.4. The van der Waals surface area contributed by atoms with Crippen molar-refractivity contribution in [2.45, 2.75) is 12.4 Å². The number of rotatable bonds is 3. The van der Waals surface area contributed by atoms with Gasteiger partial charge in [-0.2, -0.15) is 31.4 Å². The second kappa shape index (κ2) is 7.24. The van der Waals surface area contributed by atoms with Crippen LogP contribution in [0.1, 0.15) is 21.7 Å². The number of alkyl halides is 6. The lowest BCUT2D eigenvalue weighted by Crippen LogP contribution is -2.13. The van der Waals surface area contributed by atoms with Gasteiger partial charge in [0.25, 0.3) is 5.91 Å². The number of primary amides is 1. The molecule has 3 rings (SSSR count). The van der Waals surface area contributed by atoms with Gasteiger partial charge in [0.1, 0.15) is 11.4 Å². The molecule has 0 radical (unpaired) electrons. The van der Waals surface area contributed by atoms with Crippen molar-refractivity contribution < 1.29 is 36.2 Å². The SMILES string of the molecule is NC(=O)c1ccc(Cl)c(-c2ccc(-n3nc(C(F)(F)F)cc3C(F)(F)F)cc2)c1O. The summed E-state index contributed by atoms with van der Waals surface area (Å²) in [5, 5.41) is 13.3. The smallest absolute Gasteiger partial charge is 0.435 e. The first kappa shape index (κ1) is 21.5. The number of aromatic nitrogens is 2. The van der Waals surface area contributed by atoms with Gasteiger partial charge in [-0.25, -0.2) is 4.68 Å². The second-order valence-electron chi connectivity index (χ2n) is 6.05. The van der Waals surface area contributed by atoms with E-state index in [2.05, 4.69) is 5.10 Å². The van der Waals surface area contributed by atoms with Crippen LogP contribution in [0.2, 0.25) is 5.02 Å². The van der Waals surface area contributed by atoms with Crippen molar-refractivity contribution in [2.24, 2.45) is 5.73 Å². The zero-order valence-corrected chi connectivity index (χ0v) is 15.3. The zero-order valence-electron chi connectivity index (χ0n) is 14.5. The molecule has 1 amide bonds. The lowest BCUT2D eigenvalue weighted by Gasteiger charge is -2.13. The van der Waals surface area contributed by atoms with Crippen LogP contribution in [0.15, 0.2) is 42.5 Å². The molecule has 0 saturated carbocycles. The Hall–Kier alpha value is -3.21. The average Bonchev–Trinajstić information content (AvgIpc) is 3.08. The number of benzene rings is 2. The Morgan fingerprint density at radius 1 is 1.00 bits per heavy atom. The Bertz CT molecular complexity index is 1120. The number of carbonyl (C=O) groups is 1. The highest BCUT2D eigenvalue weighted by Gasteiger charge is 2.42. The van der Waals surface area contributed by atoms with Crippen LogP contribution < -0.4 is 5.73 Å². The topological polar surface area (TPSA) is 81.1 Å². The van der Waals surface area contributed by atoms with Gasteiger partial charge in [0.2, 0.25) is 0 Å². The van der Waals surface area contributed by atoms with Crippen LogP contribution >= 0.6 is 11.6 Å². The highest BCUT2D eigenvalue weighted by atomic mass is 35.5. The molecule has 0 aliphatic carbocycles. The van der Waals surface area contributed by atoms with Crippen molar-refractivity contribution in [1.29, 1.82) is 0 Å². The Morgan fingerprint density at radius 3 is 2.10 bits per heavy atom. The van der Waals surface area contributed by atoms with Crippen molar-refractivity contribution in [3.63, 3.8) is 0 Å². The van der Waals surface area contributed by atoms with Crippen LogP contribution in [0.25, 0.3) is 16.8 Å².